The maximum Gasteiger partial charge on any atom is 0.189 e. The first-order chi connectivity index (χ1) is 11.2. The van der Waals surface area contributed by atoms with Gasteiger partial charge < -0.3 is 25.3 Å². The second-order valence-electron chi connectivity index (χ2n) is 6.09. The van der Waals surface area contributed by atoms with Crippen LogP contribution in [0.1, 0.15) is 24.8 Å². The molecule has 6 heteroatoms. The summed E-state index contributed by atoms with van der Waals surface area (Å²) in [6.45, 7) is 1.41. The zero-order valence-corrected chi connectivity index (χ0v) is 13.7. The predicted octanol–water partition coefficient (Wildman–Crippen LogP) is 1.68. The number of guanidine groups is 1. The Balaban J connectivity index is 1.55. The molecule has 2 fully saturated rings. The van der Waals surface area contributed by atoms with E-state index in [0.717, 1.165) is 25.0 Å². The molecule has 0 aromatic heterocycles. The van der Waals surface area contributed by atoms with Crippen molar-refractivity contribution in [1.82, 2.24) is 5.32 Å². The highest BCUT2D eigenvalue weighted by molar-refractivity contribution is 5.78. The smallest absolute Gasteiger partial charge is 0.189 e. The summed E-state index contributed by atoms with van der Waals surface area (Å²) in [5, 5.41) is 3.33. The van der Waals surface area contributed by atoms with E-state index in [1.807, 2.05) is 18.2 Å². The quantitative estimate of drug-likeness (QED) is 0.638. The van der Waals surface area contributed by atoms with E-state index in [4.69, 9.17) is 19.9 Å². The molecule has 1 aromatic rings. The summed E-state index contributed by atoms with van der Waals surface area (Å²) < 4.78 is 16.3. The highest BCUT2D eigenvalue weighted by atomic mass is 16.5. The largest absolute Gasteiger partial charge is 0.493 e. The molecule has 0 amide bonds. The maximum atomic E-state index is 6.02. The number of nitrogens with zero attached hydrogens (tertiary/aromatic N) is 1. The summed E-state index contributed by atoms with van der Waals surface area (Å²) in [5.74, 6) is 2.49. The Labute approximate surface area is 137 Å². The van der Waals surface area contributed by atoms with Crippen LogP contribution in [-0.4, -0.2) is 38.9 Å². The van der Waals surface area contributed by atoms with E-state index >= 15 is 0 Å². The van der Waals surface area contributed by atoms with Gasteiger partial charge in [0.25, 0.3) is 0 Å². The van der Waals surface area contributed by atoms with E-state index in [1.54, 1.807) is 14.2 Å². The number of rotatable bonds is 5. The molecule has 0 spiro atoms. The minimum atomic E-state index is 0.398. The Hall–Kier alpha value is -1.95. The number of nitrogens with two attached hydrogens (primary N) is 1. The van der Waals surface area contributed by atoms with Gasteiger partial charge in [0.05, 0.1) is 26.9 Å². The first-order valence-corrected chi connectivity index (χ1v) is 8.10. The third kappa shape index (κ3) is 3.52. The van der Waals surface area contributed by atoms with Gasteiger partial charge in [-0.05, 0) is 37.0 Å². The summed E-state index contributed by atoms with van der Waals surface area (Å²) in [6, 6.07) is 6.16. The number of fused-ring (bicyclic) bond motifs is 1. The average Bonchev–Trinajstić information content (AvgIpc) is 2.57. The molecule has 3 unspecified atom stereocenters. The Morgan fingerprint density at radius 2 is 2.17 bits per heavy atom. The molecule has 1 aromatic carbocycles. The molecular weight excluding hydrogens is 294 g/mol. The van der Waals surface area contributed by atoms with Crippen LogP contribution >= 0.6 is 0 Å². The van der Waals surface area contributed by atoms with Gasteiger partial charge in [0.1, 0.15) is 0 Å². The minimum absolute atomic E-state index is 0.398. The molecule has 1 aliphatic carbocycles. The highest BCUT2D eigenvalue weighted by Crippen LogP contribution is 2.37. The van der Waals surface area contributed by atoms with Crippen molar-refractivity contribution >= 4 is 5.96 Å². The van der Waals surface area contributed by atoms with Crippen molar-refractivity contribution in [3.8, 4) is 11.5 Å². The van der Waals surface area contributed by atoms with Crippen LogP contribution in [-0.2, 0) is 11.3 Å². The van der Waals surface area contributed by atoms with Crippen LogP contribution < -0.4 is 20.5 Å². The number of hydrogen-bond acceptors (Lipinski definition) is 4. The molecule has 1 saturated heterocycles. The minimum Gasteiger partial charge on any atom is -0.493 e. The van der Waals surface area contributed by atoms with E-state index < -0.39 is 0 Å². The molecule has 1 saturated carbocycles. The molecule has 1 heterocycles. The Bertz CT molecular complexity index is 576. The molecule has 3 N–H and O–H groups in total. The molecule has 23 heavy (non-hydrogen) atoms. The zero-order valence-electron chi connectivity index (χ0n) is 13.7. The van der Waals surface area contributed by atoms with E-state index in [9.17, 15) is 0 Å². The molecular formula is C17H25N3O3. The SMILES string of the molecule is COc1ccc(CN=C(N)NC2CC3OCCCC23)cc1OC. The number of methoxy groups -OCH3 is 2. The van der Waals surface area contributed by atoms with Crippen molar-refractivity contribution in [1.29, 1.82) is 0 Å². The van der Waals surface area contributed by atoms with Crippen LogP contribution in [0.4, 0.5) is 0 Å². The number of hydrogen-bond donors (Lipinski definition) is 2. The third-order valence-electron chi connectivity index (χ3n) is 4.71. The van der Waals surface area contributed by atoms with E-state index in [0.29, 0.717) is 42.1 Å². The van der Waals surface area contributed by atoms with Crippen molar-refractivity contribution in [2.75, 3.05) is 20.8 Å². The number of ether oxygens (including phenoxy) is 3. The van der Waals surface area contributed by atoms with Gasteiger partial charge in [-0.15, -0.1) is 0 Å². The lowest BCUT2D eigenvalue weighted by atomic mass is 9.72. The summed E-state index contributed by atoms with van der Waals surface area (Å²) in [5.41, 5.74) is 7.05. The molecule has 1 aliphatic heterocycles. The third-order valence-corrected chi connectivity index (χ3v) is 4.71. The summed E-state index contributed by atoms with van der Waals surface area (Å²) >= 11 is 0. The van der Waals surface area contributed by atoms with Gasteiger partial charge in [-0.2, -0.15) is 0 Å². The van der Waals surface area contributed by atoms with E-state index in [2.05, 4.69) is 10.3 Å². The van der Waals surface area contributed by atoms with Gasteiger partial charge in [0.2, 0.25) is 0 Å². The van der Waals surface area contributed by atoms with Crippen LogP contribution in [0.25, 0.3) is 0 Å². The molecule has 3 rings (SSSR count). The highest BCUT2D eigenvalue weighted by Gasteiger charge is 2.43. The first kappa shape index (κ1) is 15.9. The number of aliphatic imine (C=N–C) groups is 1. The monoisotopic (exact) mass is 319 g/mol. The van der Waals surface area contributed by atoms with Gasteiger partial charge in [-0.1, -0.05) is 6.07 Å². The van der Waals surface area contributed by atoms with Crippen molar-refractivity contribution < 1.29 is 14.2 Å². The molecule has 0 bridgehead atoms. The van der Waals surface area contributed by atoms with E-state index in [-0.39, 0.29) is 0 Å². The van der Waals surface area contributed by atoms with Gasteiger partial charge in [-0.25, -0.2) is 4.99 Å². The maximum absolute atomic E-state index is 6.02. The second-order valence-corrected chi connectivity index (χ2v) is 6.09. The van der Waals surface area contributed by atoms with Crippen LogP contribution in [0.15, 0.2) is 23.2 Å². The number of nitrogens with one attached hydrogen (secondary N) is 1. The lowest BCUT2D eigenvalue weighted by Crippen LogP contribution is -2.59. The first-order valence-electron chi connectivity index (χ1n) is 8.10. The van der Waals surface area contributed by atoms with E-state index in [1.165, 1.54) is 6.42 Å². The van der Waals surface area contributed by atoms with Crippen molar-refractivity contribution in [3.05, 3.63) is 23.8 Å². The fourth-order valence-corrected chi connectivity index (χ4v) is 3.35. The van der Waals surface area contributed by atoms with Crippen LogP contribution in [0, 0.1) is 5.92 Å². The molecule has 3 atom stereocenters. The molecule has 2 aliphatic rings. The lowest BCUT2D eigenvalue weighted by Gasteiger charge is -2.47. The number of benzene rings is 1. The van der Waals surface area contributed by atoms with Crippen LogP contribution in [0.2, 0.25) is 0 Å². The molecule has 6 nitrogen and oxygen atoms in total. The molecule has 0 radical (unpaired) electrons. The van der Waals surface area contributed by atoms with Crippen molar-refractivity contribution in [2.45, 2.75) is 38.0 Å². The summed E-state index contributed by atoms with van der Waals surface area (Å²) in [4.78, 5) is 4.43. The Morgan fingerprint density at radius 3 is 2.91 bits per heavy atom. The summed E-state index contributed by atoms with van der Waals surface area (Å²) in [7, 11) is 3.25. The zero-order chi connectivity index (χ0) is 16.2. The topological polar surface area (TPSA) is 78.1 Å². The predicted molar refractivity (Wildman–Crippen MR) is 88.9 cm³/mol. The normalized spacial score (nSPS) is 26.9. The van der Waals surface area contributed by atoms with Gasteiger partial charge >= 0.3 is 0 Å². The van der Waals surface area contributed by atoms with Crippen molar-refractivity contribution in [3.63, 3.8) is 0 Å². The van der Waals surface area contributed by atoms with Gasteiger partial charge in [0.15, 0.2) is 17.5 Å². The van der Waals surface area contributed by atoms with Crippen molar-refractivity contribution in [2.24, 2.45) is 16.6 Å². The fourth-order valence-electron chi connectivity index (χ4n) is 3.35. The Kier molecular flexibility index (Phi) is 4.91. The van der Waals surface area contributed by atoms with Crippen LogP contribution in [0.3, 0.4) is 0 Å². The Morgan fingerprint density at radius 1 is 1.35 bits per heavy atom. The second kappa shape index (κ2) is 7.08. The van der Waals surface area contributed by atoms with Gasteiger partial charge in [0, 0.05) is 18.6 Å². The fraction of sp³-hybridized carbons (Fsp3) is 0.588. The standard InChI is InChI=1S/C17H25N3O3/c1-21-14-6-5-11(8-16(14)22-2)10-19-17(18)20-13-9-15-12(13)4-3-7-23-15/h5-6,8,12-13,15H,3-4,7,9-10H2,1-2H3,(H3,18,19,20). The lowest BCUT2D eigenvalue weighted by molar-refractivity contribution is -0.0989. The molecule has 126 valence electrons. The van der Waals surface area contributed by atoms with Crippen LogP contribution in [0.5, 0.6) is 11.5 Å². The van der Waals surface area contributed by atoms with Gasteiger partial charge in [-0.3, -0.25) is 0 Å². The average molecular weight is 319 g/mol. The summed E-state index contributed by atoms with van der Waals surface area (Å²) in [6.07, 6.45) is 3.80.